The molecular formula is C15H21Cl3N2O. The lowest BCUT2D eigenvalue weighted by molar-refractivity contribution is -0.119. The van der Waals surface area contributed by atoms with Crippen LogP contribution in [0.5, 0.6) is 0 Å². The Hall–Kier alpha value is -0.480. The molecule has 0 radical (unpaired) electrons. The largest absolute Gasteiger partial charge is 0.317 e. The number of amides is 1. The number of anilines is 1. The molecule has 0 aliphatic carbocycles. The Balaban J connectivity index is 0.00000220. The minimum Gasteiger partial charge on any atom is -0.317 e. The molecule has 2 rings (SSSR count). The molecular weight excluding hydrogens is 331 g/mol. The minimum atomic E-state index is 0. The van der Waals surface area contributed by atoms with E-state index in [-0.39, 0.29) is 18.3 Å². The van der Waals surface area contributed by atoms with Crippen LogP contribution in [0.15, 0.2) is 18.2 Å². The number of hydrogen-bond donors (Lipinski definition) is 1. The van der Waals surface area contributed by atoms with E-state index in [4.69, 9.17) is 23.2 Å². The van der Waals surface area contributed by atoms with Gasteiger partial charge in [-0.2, -0.15) is 0 Å². The van der Waals surface area contributed by atoms with Crippen LogP contribution in [0.4, 0.5) is 5.69 Å². The molecule has 1 fully saturated rings. The quantitative estimate of drug-likeness (QED) is 0.883. The van der Waals surface area contributed by atoms with Crippen molar-refractivity contribution in [3.05, 3.63) is 28.2 Å². The lowest BCUT2D eigenvalue weighted by Gasteiger charge is -2.26. The lowest BCUT2D eigenvalue weighted by atomic mass is 9.94. The van der Waals surface area contributed by atoms with Gasteiger partial charge >= 0.3 is 0 Å². The van der Waals surface area contributed by atoms with Gasteiger partial charge in [0, 0.05) is 18.7 Å². The molecule has 1 saturated heterocycles. The molecule has 1 aromatic rings. The summed E-state index contributed by atoms with van der Waals surface area (Å²) < 4.78 is 0. The predicted molar refractivity (Wildman–Crippen MR) is 91.9 cm³/mol. The summed E-state index contributed by atoms with van der Waals surface area (Å²) >= 11 is 12.0. The summed E-state index contributed by atoms with van der Waals surface area (Å²) in [5, 5.41) is 4.31. The Morgan fingerprint density at radius 3 is 2.52 bits per heavy atom. The van der Waals surface area contributed by atoms with Crippen LogP contribution in [-0.2, 0) is 4.79 Å². The second kappa shape index (κ2) is 8.84. The van der Waals surface area contributed by atoms with Crippen molar-refractivity contribution in [3.8, 4) is 0 Å². The van der Waals surface area contributed by atoms with E-state index in [2.05, 4.69) is 5.32 Å². The normalized spacial score (nSPS) is 15.4. The topological polar surface area (TPSA) is 32.3 Å². The van der Waals surface area contributed by atoms with Gasteiger partial charge in [0.1, 0.15) is 0 Å². The molecule has 0 bridgehead atoms. The first-order chi connectivity index (χ1) is 9.61. The third-order valence-corrected chi connectivity index (χ3v) is 4.49. The van der Waals surface area contributed by atoms with Gasteiger partial charge in [-0.05, 0) is 57.0 Å². The van der Waals surface area contributed by atoms with Crippen LogP contribution in [0.1, 0.15) is 26.2 Å². The number of piperidine rings is 1. The Kier molecular flexibility index (Phi) is 7.82. The Morgan fingerprint density at radius 1 is 1.29 bits per heavy atom. The third kappa shape index (κ3) is 5.03. The van der Waals surface area contributed by atoms with Crippen molar-refractivity contribution in [1.82, 2.24) is 5.32 Å². The molecule has 0 atom stereocenters. The third-order valence-electron chi connectivity index (χ3n) is 3.75. The number of rotatable bonds is 4. The van der Waals surface area contributed by atoms with E-state index >= 15 is 0 Å². The van der Waals surface area contributed by atoms with Crippen molar-refractivity contribution in [2.45, 2.75) is 26.2 Å². The summed E-state index contributed by atoms with van der Waals surface area (Å²) in [5.74, 6) is 0.651. The van der Waals surface area contributed by atoms with E-state index in [1.54, 1.807) is 17.0 Å². The number of carbonyl (C=O) groups excluding carboxylic acids is 1. The summed E-state index contributed by atoms with van der Waals surface area (Å²) in [4.78, 5) is 14.3. The average Bonchev–Trinajstić information content (AvgIpc) is 2.44. The molecule has 118 valence electrons. The molecule has 0 unspecified atom stereocenters. The van der Waals surface area contributed by atoms with E-state index in [0.29, 0.717) is 28.9 Å². The standard InChI is InChI=1S/C15H20Cl2N2O.ClH/c1-2-19(12-3-4-13(16)14(17)10-12)15(20)9-11-5-7-18-8-6-11;/h3-4,10-11,18H,2,5-9H2,1H3;1H. The molecule has 6 heteroatoms. The maximum absolute atomic E-state index is 12.5. The SMILES string of the molecule is CCN(C(=O)CC1CCNCC1)c1ccc(Cl)c(Cl)c1.Cl. The zero-order valence-corrected chi connectivity index (χ0v) is 14.4. The van der Waals surface area contributed by atoms with Crippen LogP contribution in [0, 0.1) is 5.92 Å². The Morgan fingerprint density at radius 2 is 1.95 bits per heavy atom. The summed E-state index contributed by atoms with van der Waals surface area (Å²) in [6.45, 7) is 4.64. The van der Waals surface area contributed by atoms with Gasteiger partial charge in [0.05, 0.1) is 10.0 Å². The molecule has 1 aromatic carbocycles. The molecule has 1 amide bonds. The van der Waals surface area contributed by atoms with Gasteiger partial charge in [-0.1, -0.05) is 23.2 Å². The highest BCUT2D eigenvalue weighted by atomic mass is 35.5. The number of nitrogens with zero attached hydrogens (tertiary/aromatic N) is 1. The van der Waals surface area contributed by atoms with Crippen molar-refractivity contribution >= 4 is 47.2 Å². The van der Waals surface area contributed by atoms with Crippen LogP contribution in [-0.4, -0.2) is 25.5 Å². The monoisotopic (exact) mass is 350 g/mol. The van der Waals surface area contributed by atoms with Crippen molar-refractivity contribution < 1.29 is 4.79 Å². The fourth-order valence-corrected chi connectivity index (χ4v) is 2.89. The predicted octanol–water partition coefficient (Wildman–Crippen LogP) is 4.16. The van der Waals surface area contributed by atoms with Gasteiger partial charge < -0.3 is 10.2 Å². The van der Waals surface area contributed by atoms with Crippen LogP contribution in [0.3, 0.4) is 0 Å². The zero-order chi connectivity index (χ0) is 14.5. The smallest absolute Gasteiger partial charge is 0.227 e. The van der Waals surface area contributed by atoms with E-state index in [0.717, 1.165) is 31.6 Å². The van der Waals surface area contributed by atoms with E-state index in [9.17, 15) is 4.79 Å². The molecule has 1 heterocycles. The lowest BCUT2D eigenvalue weighted by Crippen LogP contribution is -2.35. The molecule has 1 aliphatic rings. The fraction of sp³-hybridized carbons (Fsp3) is 0.533. The number of carbonyl (C=O) groups is 1. The fourth-order valence-electron chi connectivity index (χ4n) is 2.60. The molecule has 1 N–H and O–H groups in total. The second-order valence-electron chi connectivity index (χ2n) is 5.13. The van der Waals surface area contributed by atoms with E-state index in [1.165, 1.54) is 0 Å². The van der Waals surface area contributed by atoms with Gasteiger partial charge in [-0.3, -0.25) is 4.79 Å². The molecule has 3 nitrogen and oxygen atoms in total. The highest BCUT2D eigenvalue weighted by Gasteiger charge is 2.21. The van der Waals surface area contributed by atoms with Gasteiger partial charge in [-0.15, -0.1) is 12.4 Å². The minimum absolute atomic E-state index is 0. The van der Waals surface area contributed by atoms with Crippen molar-refractivity contribution in [2.75, 3.05) is 24.5 Å². The van der Waals surface area contributed by atoms with Crippen LogP contribution < -0.4 is 10.2 Å². The van der Waals surface area contributed by atoms with Gasteiger partial charge in [-0.25, -0.2) is 0 Å². The second-order valence-corrected chi connectivity index (χ2v) is 5.95. The summed E-state index contributed by atoms with van der Waals surface area (Å²) in [7, 11) is 0. The summed E-state index contributed by atoms with van der Waals surface area (Å²) in [6.07, 6.45) is 2.76. The van der Waals surface area contributed by atoms with Crippen LogP contribution in [0.2, 0.25) is 10.0 Å². The zero-order valence-electron chi connectivity index (χ0n) is 12.1. The maximum Gasteiger partial charge on any atom is 0.227 e. The molecule has 1 aliphatic heterocycles. The van der Waals surface area contributed by atoms with E-state index in [1.807, 2.05) is 13.0 Å². The first-order valence-electron chi connectivity index (χ1n) is 7.08. The summed E-state index contributed by atoms with van der Waals surface area (Å²) in [6, 6.07) is 5.34. The van der Waals surface area contributed by atoms with Gasteiger partial charge in [0.2, 0.25) is 5.91 Å². The summed E-state index contributed by atoms with van der Waals surface area (Å²) in [5.41, 5.74) is 0.820. The molecule has 0 saturated carbocycles. The highest BCUT2D eigenvalue weighted by molar-refractivity contribution is 6.42. The van der Waals surface area contributed by atoms with Gasteiger partial charge in [0.15, 0.2) is 0 Å². The Bertz CT molecular complexity index is 476. The van der Waals surface area contributed by atoms with Crippen molar-refractivity contribution in [2.24, 2.45) is 5.92 Å². The molecule has 21 heavy (non-hydrogen) atoms. The number of hydrogen-bond acceptors (Lipinski definition) is 2. The first kappa shape index (κ1) is 18.6. The Labute approximate surface area is 142 Å². The van der Waals surface area contributed by atoms with Crippen molar-refractivity contribution in [3.63, 3.8) is 0 Å². The van der Waals surface area contributed by atoms with Crippen molar-refractivity contribution in [1.29, 1.82) is 0 Å². The average molecular weight is 352 g/mol. The highest BCUT2D eigenvalue weighted by Crippen LogP contribution is 2.28. The molecule has 0 aromatic heterocycles. The van der Waals surface area contributed by atoms with Crippen LogP contribution >= 0.6 is 35.6 Å². The van der Waals surface area contributed by atoms with E-state index < -0.39 is 0 Å². The van der Waals surface area contributed by atoms with Crippen LogP contribution in [0.25, 0.3) is 0 Å². The molecule has 0 spiro atoms. The first-order valence-corrected chi connectivity index (χ1v) is 7.83. The number of benzene rings is 1. The van der Waals surface area contributed by atoms with Gasteiger partial charge in [0.25, 0.3) is 0 Å². The number of nitrogens with one attached hydrogen (secondary N) is 1. The number of halogens is 3. The maximum atomic E-state index is 12.5.